The van der Waals surface area contributed by atoms with Crippen LogP contribution in [0.1, 0.15) is 19.4 Å². The molecule has 0 aliphatic rings. The molecule has 0 atom stereocenters. The number of aryl methyl sites for hydroxylation is 1. The molecule has 0 saturated heterocycles. The molecule has 104 valence electrons. The number of hydrogen-bond donors (Lipinski definition) is 1. The molecule has 1 aromatic rings. The van der Waals surface area contributed by atoms with Gasteiger partial charge < -0.3 is 10.1 Å². The number of nitrogens with zero attached hydrogens (tertiary/aromatic N) is 1. The maximum atomic E-state index is 11.0. The van der Waals surface area contributed by atoms with Crippen LogP contribution < -0.4 is 10.1 Å². The Morgan fingerprint density at radius 2 is 2.21 bits per heavy atom. The van der Waals surface area contributed by atoms with Gasteiger partial charge in [0, 0.05) is 12.6 Å². The SMILES string of the molecule is C=C(CNCC)COc1ccc(CC)cc1[N+](=O)[O-]. The Hall–Kier alpha value is -1.88. The van der Waals surface area contributed by atoms with E-state index in [1.54, 1.807) is 12.1 Å². The van der Waals surface area contributed by atoms with Crippen molar-refractivity contribution < 1.29 is 9.66 Å². The number of nitro benzene ring substituents is 1. The Bertz CT molecular complexity index is 458. The molecule has 0 fully saturated rings. The van der Waals surface area contributed by atoms with Crippen molar-refractivity contribution in [2.24, 2.45) is 0 Å². The Morgan fingerprint density at radius 3 is 2.79 bits per heavy atom. The maximum absolute atomic E-state index is 11.0. The monoisotopic (exact) mass is 264 g/mol. The zero-order valence-electron chi connectivity index (χ0n) is 11.4. The molecule has 0 heterocycles. The maximum Gasteiger partial charge on any atom is 0.311 e. The van der Waals surface area contributed by atoms with Crippen LogP contribution in [0.15, 0.2) is 30.4 Å². The topological polar surface area (TPSA) is 64.4 Å². The summed E-state index contributed by atoms with van der Waals surface area (Å²) in [6, 6.07) is 5.05. The standard InChI is InChI=1S/C14H20N2O3/c1-4-12-6-7-14(13(8-12)16(17)18)19-10-11(3)9-15-5-2/h6-8,15H,3-5,9-10H2,1-2H3. The highest BCUT2D eigenvalue weighted by Crippen LogP contribution is 2.28. The molecule has 0 aromatic heterocycles. The van der Waals surface area contributed by atoms with Crippen LogP contribution >= 0.6 is 0 Å². The smallest absolute Gasteiger partial charge is 0.311 e. The number of likely N-dealkylation sites (N-methyl/N-ethyl adjacent to an activating group) is 1. The van der Waals surface area contributed by atoms with Gasteiger partial charge in [0.25, 0.3) is 0 Å². The fourth-order valence-corrected chi connectivity index (χ4v) is 1.58. The normalized spacial score (nSPS) is 10.2. The average molecular weight is 264 g/mol. The van der Waals surface area contributed by atoms with Crippen LogP contribution in [0.4, 0.5) is 5.69 Å². The number of benzene rings is 1. The van der Waals surface area contributed by atoms with Crippen molar-refractivity contribution in [2.75, 3.05) is 19.7 Å². The summed E-state index contributed by atoms with van der Waals surface area (Å²) in [5, 5.41) is 14.1. The first-order valence-corrected chi connectivity index (χ1v) is 6.36. The molecule has 0 saturated carbocycles. The highest BCUT2D eigenvalue weighted by molar-refractivity contribution is 5.48. The highest BCUT2D eigenvalue weighted by Gasteiger charge is 2.15. The van der Waals surface area contributed by atoms with Gasteiger partial charge in [0.2, 0.25) is 0 Å². The number of nitrogens with one attached hydrogen (secondary N) is 1. The Morgan fingerprint density at radius 1 is 1.47 bits per heavy atom. The third-order valence-corrected chi connectivity index (χ3v) is 2.69. The molecule has 0 radical (unpaired) electrons. The van der Waals surface area contributed by atoms with Crippen LogP contribution in [0.3, 0.4) is 0 Å². The predicted octanol–water partition coefficient (Wildman–Crippen LogP) is 2.70. The van der Waals surface area contributed by atoms with Crippen LogP contribution in [0.25, 0.3) is 0 Å². The van der Waals surface area contributed by atoms with Crippen molar-refractivity contribution in [3.05, 3.63) is 46.0 Å². The Kier molecular flexibility index (Phi) is 6.02. The molecule has 0 aliphatic heterocycles. The lowest BCUT2D eigenvalue weighted by molar-refractivity contribution is -0.385. The molecule has 1 N–H and O–H groups in total. The zero-order valence-corrected chi connectivity index (χ0v) is 11.4. The van der Waals surface area contributed by atoms with Crippen molar-refractivity contribution in [1.82, 2.24) is 5.32 Å². The zero-order chi connectivity index (χ0) is 14.3. The Balaban J connectivity index is 2.72. The van der Waals surface area contributed by atoms with Crippen LogP contribution in [0.5, 0.6) is 5.75 Å². The van der Waals surface area contributed by atoms with Crippen LogP contribution in [-0.4, -0.2) is 24.6 Å². The third-order valence-electron chi connectivity index (χ3n) is 2.69. The van der Waals surface area contributed by atoms with Crippen molar-refractivity contribution in [3.8, 4) is 5.75 Å². The average Bonchev–Trinajstić information content (AvgIpc) is 2.42. The van der Waals surface area contributed by atoms with E-state index in [-0.39, 0.29) is 12.3 Å². The van der Waals surface area contributed by atoms with E-state index in [0.29, 0.717) is 12.3 Å². The van der Waals surface area contributed by atoms with Crippen molar-refractivity contribution in [2.45, 2.75) is 20.3 Å². The minimum Gasteiger partial charge on any atom is -0.482 e. The van der Waals surface area contributed by atoms with E-state index in [1.165, 1.54) is 0 Å². The van der Waals surface area contributed by atoms with Crippen LogP contribution in [0, 0.1) is 10.1 Å². The first-order valence-electron chi connectivity index (χ1n) is 6.36. The summed E-state index contributed by atoms with van der Waals surface area (Å²) in [6.07, 6.45) is 0.758. The molecule has 0 bridgehead atoms. The summed E-state index contributed by atoms with van der Waals surface area (Å²) in [6.45, 7) is 9.60. The largest absolute Gasteiger partial charge is 0.482 e. The summed E-state index contributed by atoms with van der Waals surface area (Å²) in [7, 11) is 0. The van der Waals surface area contributed by atoms with Gasteiger partial charge in [-0.1, -0.05) is 26.5 Å². The van der Waals surface area contributed by atoms with Gasteiger partial charge in [-0.05, 0) is 30.2 Å². The lowest BCUT2D eigenvalue weighted by Crippen LogP contribution is -2.19. The van der Waals surface area contributed by atoms with Crippen molar-refractivity contribution >= 4 is 5.69 Å². The molecule has 5 nitrogen and oxygen atoms in total. The molecule has 1 aromatic carbocycles. The van der Waals surface area contributed by atoms with Gasteiger partial charge in [-0.15, -0.1) is 0 Å². The van der Waals surface area contributed by atoms with E-state index in [9.17, 15) is 10.1 Å². The summed E-state index contributed by atoms with van der Waals surface area (Å²) in [4.78, 5) is 10.6. The van der Waals surface area contributed by atoms with E-state index >= 15 is 0 Å². The van der Waals surface area contributed by atoms with Crippen LogP contribution in [-0.2, 0) is 6.42 Å². The fraction of sp³-hybridized carbons (Fsp3) is 0.429. The van der Waals surface area contributed by atoms with E-state index in [2.05, 4.69) is 11.9 Å². The second-order valence-electron chi connectivity index (χ2n) is 4.23. The van der Waals surface area contributed by atoms with E-state index in [0.717, 1.165) is 24.1 Å². The number of hydrogen-bond acceptors (Lipinski definition) is 4. The lowest BCUT2D eigenvalue weighted by atomic mass is 10.1. The Labute approximate surface area is 113 Å². The minimum atomic E-state index is -0.415. The molecular weight excluding hydrogens is 244 g/mol. The van der Waals surface area contributed by atoms with E-state index in [4.69, 9.17) is 4.74 Å². The third kappa shape index (κ3) is 4.71. The highest BCUT2D eigenvalue weighted by atomic mass is 16.6. The second kappa shape index (κ2) is 7.53. The first-order chi connectivity index (χ1) is 9.08. The second-order valence-corrected chi connectivity index (χ2v) is 4.23. The molecule has 0 unspecified atom stereocenters. The summed E-state index contributed by atoms with van der Waals surface area (Å²) >= 11 is 0. The van der Waals surface area contributed by atoms with Gasteiger partial charge in [0.1, 0.15) is 6.61 Å². The minimum absolute atomic E-state index is 0.00982. The number of rotatable bonds is 8. The van der Waals surface area contributed by atoms with Crippen molar-refractivity contribution in [1.29, 1.82) is 0 Å². The van der Waals surface area contributed by atoms with Gasteiger partial charge in [-0.2, -0.15) is 0 Å². The number of ether oxygens (including phenoxy) is 1. The summed E-state index contributed by atoms with van der Waals surface area (Å²) in [5.41, 5.74) is 1.79. The van der Waals surface area contributed by atoms with E-state index < -0.39 is 4.92 Å². The molecule has 0 spiro atoms. The molecule has 19 heavy (non-hydrogen) atoms. The van der Waals surface area contributed by atoms with Gasteiger partial charge in [0.15, 0.2) is 5.75 Å². The van der Waals surface area contributed by atoms with Gasteiger partial charge in [-0.25, -0.2) is 0 Å². The predicted molar refractivity (Wildman–Crippen MR) is 75.7 cm³/mol. The lowest BCUT2D eigenvalue weighted by Gasteiger charge is -2.10. The molecule has 1 rings (SSSR count). The molecule has 0 amide bonds. The van der Waals surface area contributed by atoms with Gasteiger partial charge in [-0.3, -0.25) is 10.1 Å². The first kappa shape index (κ1) is 15.2. The quantitative estimate of drug-likeness (QED) is 0.445. The van der Waals surface area contributed by atoms with Gasteiger partial charge in [0.05, 0.1) is 4.92 Å². The van der Waals surface area contributed by atoms with Crippen molar-refractivity contribution in [3.63, 3.8) is 0 Å². The summed E-state index contributed by atoms with van der Waals surface area (Å²) in [5.74, 6) is 0.292. The van der Waals surface area contributed by atoms with Crippen LogP contribution in [0.2, 0.25) is 0 Å². The molecule has 5 heteroatoms. The number of nitro groups is 1. The molecule has 0 aliphatic carbocycles. The summed E-state index contributed by atoms with van der Waals surface area (Å²) < 4.78 is 5.48. The van der Waals surface area contributed by atoms with Gasteiger partial charge >= 0.3 is 5.69 Å². The molecular formula is C14H20N2O3. The van der Waals surface area contributed by atoms with E-state index in [1.807, 2.05) is 19.9 Å². The fourth-order valence-electron chi connectivity index (χ4n) is 1.58.